The number of imidazole rings is 1. The van der Waals surface area contributed by atoms with Gasteiger partial charge in [0.25, 0.3) is 0 Å². The second-order valence-corrected chi connectivity index (χ2v) is 5.03. The number of hydrogen-bond acceptors (Lipinski definition) is 3. The molecule has 2 aromatic rings. The van der Waals surface area contributed by atoms with Gasteiger partial charge < -0.3 is 14.7 Å². The molecule has 1 saturated heterocycles. The molecule has 3 rings (SSSR count). The highest BCUT2D eigenvalue weighted by molar-refractivity contribution is 7.71. The summed E-state index contributed by atoms with van der Waals surface area (Å²) in [6.07, 6.45) is 3.80. The third kappa shape index (κ3) is 1.88. The Morgan fingerprint density at radius 3 is 2.72 bits per heavy atom. The number of aromatic amines is 1. The van der Waals surface area contributed by atoms with Crippen LogP contribution in [0.15, 0.2) is 18.2 Å². The fraction of sp³-hybridized carbons (Fsp3) is 0.462. The predicted octanol–water partition coefficient (Wildman–Crippen LogP) is 2.83. The Labute approximate surface area is 111 Å². The standard InChI is InChI=1S/C13H17N3OS/c1-17-10-5-6-12-11(9-10)14-13(18)16(12)15-7-3-2-4-8-15/h5-6,9H,2-4,7-8H2,1H3,(H,14,18). The van der Waals surface area contributed by atoms with Crippen LogP contribution < -0.4 is 9.75 Å². The van der Waals surface area contributed by atoms with Crippen LogP contribution in [-0.2, 0) is 0 Å². The molecule has 1 aromatic carbocycles. The van der Waals surface area contributed by atoms with E-state index in [0.717, 1.165) is 34.6 Å². The van der Waals surface area contributed by atoms with Crippen molar-refractivity contribution in [2.75, 3.05) is 25.2 Å². The van der Waals surface area contributed by atoms with Gasteiger partial charge in [0, 0.05) is 19.2 Å². The van der Waals surface area contributed by atoms with Crippen molar-refractivity contribution < 1.29 is 4.74 Å². The molecule has 96 valence electrons. The van der Waals surface area contributed by atoms with E-state index in [0.29, 0.717) is 0 Å². The van der Waals surface area contributed by atoms with Crippen molar-refractivity contribution in [3.8, 4) is 5.75 Å². The van der Waals surface area contributed by atoms with E-state index < -0.39 is 0 Å². The maximum absolute atomic E-state index is 5.44. The minimum Gasteiger partial charge on any atom is -0.497 e. The highest BCUT2D eigenvalue weighted by Crippen LogP contribution is 2.22. The number of nitrogens with one attached hydrogen (secondary N) is 1. The Balaban J connectivity index is 2.10. The van der Waals surface area contributed by atoms with Crippen LogP contribution in [0.4, 0.5) is 0 Å². The molecule has 0 spiro atoms. The highest BCUT2D eigenvalue weighted by Gasteiger charge is 2.14. The number of piperidine rings is 1. The number of rotatable bonds is 2. The summed E-state index contributed by atoms with van der Waals surface area (Å²) in [5, 5.41) is 2.33. The monoisotopic (exact) mass is 263 g/mol. The lowest BCUT2D eigenvalue weighted by Crippen LogP contribution is -2.39. The van der Waals surface area contributed by atoms with Gasteiger partial charge >= 0.3 is 0 Å². The zero-order valence-electron chi connectivity index (χ0n) is 10.5. The van der Waals surface area contributed by atoms with Gasteiger partial charge in [0.15, 0.2) is 4.77 Å². The Morgan fingerprint density at radius 2 is 2.00 bits per heavy atom. The summed E-state index contributed by atoms with van der Waals surface area (Å²) in [5.74, 6) is 0.851. The molecule has 4 nitrogen and oxygen atoms in total. The second kappa shape index (κ2) is 4.65. The van der Waals surface area contributed by atoms with Crippen molar-refractivity contribution in [2.24, 2.45) is 0 Å². The van der Waals surface area contributed by atoms with E-state index >= 15 is 0 Å². The molecule has 1 aliphatic rings. The maximum atomic E-state index is 5.44. The predicted molar refractivity (Wildman–Crippen MR) is 75.5 cm³/mol. The van der Waals surface area contributed by atoms with Crippen LogP contribution in [0.5, 0.6) is 5.75 Å². The van der Waals surface area contributed by atoms with Crippen LogP contribution >= 0.6 is 12.2 Å². The summed E-state index contributed by atoms with van der Waals surface area (Å²) in [4.78, 5) is 3.26. The van der Waals surface area contributed by atoms with Gasteiger partial charge in [-0.15, -0.1) is 0 Å². The molecular weight excluding hydrogens is 246 g/mol. The third-order valence-corrected chi connectivity index (χ3v) is 3.76. The normalized spacial score (nSPS) is 16.2. The third-order valence-electron chi connectivity index (χ3n) is 3.48. The summed E-state index contributed by atoms with van der Waals surface area (Å²) in [5.41, 5.74) is 2.16. The molecule has 0 atom stereocenters. The number of hydrogen-bond donors (Lipinski definition) is 1. The van der Waals surface area contributed by atoms with Gasteiger partial charge in [-0.1, -0.05) is 0 Å². The smallest absolute Gasteiger partial charge is 0.197 e. The van der Waals surface area contributed by atoms with Crippen molar-refractivity contribution in [3.63, 3.8) is 0 Å². The molecule has 1 N–H and O–H groups in total. The number of fused-ring (bicyclic) bond motifs is 1. The minimum atomic E-state index is 0.764. The van der Waals surface area contributed by atoms with E-state index in [-0.39, 0.29) is 0 Å². The van der Waals surface area contributed by atoms with Crippen molar-refractivity contribution in [1.82, 2.24) is 9.66 Å². The summed E-state index contributed by atoms with van der Waals surface area (Å²) >= 11 is 5.44. The molecule has 0 unspecified atom stereocenters. The zero-order valence-corrected chi connectivity index (χ0v) is 11.3. The van der Waals surface area contributed by atoms with E-state index in [9.17, 15) is 0 Å². The topological polar surface area (TPSA) is 33.2 Å². The number of benzene rings is 1. The van der Waals surface area contributed by atoms with E-state index in [1.807, 2.05) is 12.1 Å². The van der Waals surface area contributed by atoms with Crippen LogP contribution in [0, 0.1) is 4.77 Å². The molecular formula is C13H17N3OS. The molecule has 1 fully saturated rings. The number of methoxy groups -OCH3 is 1. The average Bonchev–Trinajstić information content (AvgIpc) is 2.74. The Kier molecular flexibility index (Phi) is 2.99. The van der Waals surface area contributed by atoms with Crippen molar-refractivity contribution in [3.05, 3.63) is 23.0 Å². The van der Waals surface area contributed by atoms with E-state index in [1.54, 1.807) is 7.11 Å². The fourth-order valence-electron chi connectivity index (χ4n) is 2.56. The summed E-state index contributed by atoms with van der Waals surface area (Å²) in [6, 6.07) is 6.03. The molecule has 0 radical (unpaired) electrons. The van der Waals surface area contributed by atoms with Crippen molar-refractivity contribution >= 4 is 23.3 Å². The first-order valence-corrected chi connectivity index (χ1v) is 6.74. The first-order valence-electron chi connectivity index (χ1n) is 6.33. The lowest BCUT2D eigenvalue weighted by atomic mass is 10.2. The Morgan fingerprint density at radius 1 is 1.22 bits per heavy atom. The summed E-state index contributed by atoms with van der Waals surface area (Å²) in [7, 11) is 1.68. The Hall–Kier alpha value is -1.49. The quantitative estimate of drug-likeness (QED) is 0.846. The number of aromatic nitrogens is 2. The van der Waals surface area contributed by atoms with Crippen molar-refractivity contribution in [2.45, 2.75) is 19.3 Å². The number of H-pyrrole nitrogens is 1. The largest absolute Gasteiger partial charge is 0.497 e. The van der Waals surface area contributed by atoms with Crippen LogP contribution in [0.3, 0.4) is 0 Å². The molecule has 2 heterocycles. The van der Waals surface area contributed by atoms with Gasteiger partial charge in [-0.05, 0) is 43.6 Å². The lowest BCUT2D eigenvalue weighted by Gasteiger charge is -2.29. The minimum absolute atomic E-state index is 0.764. The molecule has 5 heteroatoms. The second-order valence-electron chi connectivity index (χ2n) is 4.64. The fourth-order valence-corrected chi connectivity index (χ4v) is 2.89. The van der Waals surface area contributed by atoms with Gasteiger partial charge in [-0.3, -0.25) is 0 Å². The molecule has 1 aromatic heterocycles. The van der Waals surface area contributed by atoms with Gasteiger partial charge in [-0.2, -0.15) is 0 Å². The lowest BCUT2D eigenvalue weighted by molar-refractivity contribution is 0.415. The van der Waals surface area contributed by atoms with Gasteiger partial charge in [0.1, 0.15) is 5.75 Å². The maximum Gasteiger partial charge on any atom is 0.197 e. The number of ether oxygens (including phenoxy) is 1. The molecule has 0 bridgehead atoms. The molecule has 0 aliphatic carbocycles. The summed E-state index contributed by atoms with van der Waals surface area (Å²) < 4.78 is 8.13. The zero-order chi connectivity index (χ0) is 12.5. The van der Waals surface area contributed by atoms with Crippen LogP contribution in [0.1, 0.15) is 19.3 Å². The Bertz CT molecular complexity index is 610. The van der Waals surface area contributed by atoms with Crippen LogP contribution in [-0.4, -0.2) is 29.9 Å². The van der Waals surface area contributed by atoms with Crippen LogP contribution in [0.2, 0.25) is 0 Å². The van der Waals surface area contributed by atoms with E-state index in [4.69, 9.17) is 17.0 Å². The molecule has 18 heavy (non-hydrogen) atoms. The van der Waals surface area contributed by atoms with Gasteiger partial charge in [-0.25, -0.2) is 4.68 Å². The molecule has 0 amide bonds. The van der Waals surface area contributed by atoms with E-state index in [1.165, 1.54) is 19.3 Å². The number of nitrogens with zero attached hydrogens (tertiary/aromatic N) is 2. The molecule has 1 aliphatic heterocycles. The molecule has 0 saturated carbocycles. The highest BCUT2D eigenvalue weighted by atomic mass is 32.1. The SMILES string of the molecule is COc1ccc2c(c1)[nH]c(=S)n2N1CCCCC1. The van der Waals surface area contributed by atoms with Gasteiger partial charge in [0.2, 0.25) is 0 Å². The first kappa shape index (κ1) is 11.6. The average molecular weight is 263 g/mol. The van der Waals surface area contributed by atoms with Gasteiger partial charge in [0.05, 0.1) is 18.1 Å². The van der Waals surface area contributed by atoms with Crippen LogP contribution in [0.25, 0.3) is 11.0 Å². The first-order chi connectivity index (χ1) is 8.79. The van der Waals surface area contributed by atoms with Crippen molar-refractivity contribution in [1.29, 1.82) is 0 Å². The summed E-state index contributed by atoms with van der Waals surface area (Å²) in [6.45, 7) is 2.15. The van der Waals surface area contributed by atoms with E-state index in [2.05, 4.69) is 20.7 Å².